The molecule has 0 saturated heterocycles. The van der Waals surface area contributed by atoms with Gasteiger partial charge in [-0.15, -0.1) is 0 Å². The molecule has 0 bridgehead atoms. The fourth-order valence-corrected chi connectivity index (χ4v) is 1.09. The molecule has 0 amide bonds. The van der Waals surface area contributed by atoms with Crippen LogP contribution >= 0.6 is 13.6 Å². The molecular weight excluding hydrogens is 564 g/mol. The maximum absolute atomic E-state index is 12.7. The van der Waals surface area contributed by atoms with Crippen molar-refractivity contribution in [2.45, 2.75) is 41.7 Å². The van der Waals surface area contributed by atoms with E-state index in [9.17, 15) is 74.6 Å². The molecule has 0 rings (SSSR count). The minimum absolute atomic E-state index is 1.19. The topological polar surface area (TPSA) is 0 Å². The molecule has 0 aliphatic rings. The van der Waals surface area contributed by atoms with Gasteiger partial charge in [-0.05, 0) is 0 Å². The van der Waals surface area contributed by atoms with E-state index in [1.165, 1.54) is 16.3 Å². The molecule has 0 aliphatic heterocycles. The molecule has 27 heavy (non-hydrogen) atoms. The zero-order valence-corrected chi connectivity index (χ0v) is 16.1. The van der Waals surface area contributed by atoms with E-state index in [0.29, 0.717) is 0 Å². The summed E-state index contributed by atoms with van der Waals surface area (Å²) in [6.07, 6.45) is -12.8. The van der Waals surface area contributed by atoms with Gasteiger partial charge >= 0.3 is 65.8 Å². The van der Waals surface area contributed by atoms with E-state index in [-0.39, 0.29) is 0 Å². The van der Waals surface area contributed by atoms with E-state index < -0.39 is 48.1 Å². The van der Waals surface area contributed by atoms with Crippen LogP contribution in [0.1, 0.15) is 0 Å². The van der Waals surface area contributed by atoms with E-state index in [0.717, 1.165) is 0 Å². The van der Waals surface area contributed by atoms with E-state index in [1.54, 1.807) is 0 Å². The summed E-state index contributed by atoms with van der Waals surface area (Å²) < 4.78 is 209. The summed E-state index contributed by atoms with van der Waals surface area (Å²) in [5.41, 5.74) is 0. The molecule has 0 fully saturated rings. The normalized spacial score (nSPS) is 15.6. The van der Waals surface area contributed by atoms with Crippen LogP contribution in [0.25, 0.3) is 0 Å². The van der Waals surface area contributed by atoms with Gasteiger partial charge in [-0.3, -0.25) is 0 Å². The van der Waals surface area contributed by atoms with Crippen molar-refractivity contribution in [1.82, 2.24) is 0 Å². The van der Waals surface area contributed by atoms with Crippen LogP contribution in [0.2, 0.25) is 0 Å². The summed E-state index contributed by atoms with van der Waals surface area (Å²) >= 11 is 4.25. The zero-order chi connectivity index (χ0) is 23.1. The van der Waals surface area contributed by atoms with Gasteiger partial charge in [0, 0.05) is 0 Å². The second-order valence-corrected chi connectivity index (χ2v) is 4.20. The zero-order valence-electron chi connectivity index (χ0n) is 11.5. The molecule has 0 aromatic heterocycles. The van der Waals surface area contributed by atoms with Crippen LogP contribution < -0.4 is 0 Å². The van der Waals surface area contributed by atoms with Gasteiger partial charge < -0.3 is 8.78 Å². The van der Waals surface area contributed by atoms with Crippen molar-refractivity contribution in [1.29, 1.82) is 0 Å². The fraction of sp³-hybridized carbons (Fsp3) is 0.875. The Hall–Kier alpha value is -0.0866. The van der Waals surface area contributed by atoms with Gasteiger partial charge in [0.2, 0.25) is 0 Å². The molecular formula is C8BrF17Zn. The van der Waals surface area contributed by atoms with Crippen molar-refractivity contribution in [3.05, 3.63) is 6.43 Å². The van der Waals surface area contributed by atoms with Gasteiger partial charge in [0.05, 0.1) is 6.43 Å². The molecule has 0 N–H and O–H groups in total. The average Bonchev–Trinajstić information content (AvgIpc) is 2.46. The third-order valence-electron chi connectivity index (χ3n) is 2.57. The van der Waals surface area contributed by atoms with Crippen LogP contribution in [-0.4, -0.2) is 41.7 Å². The molecule has 0 saturated carbocycles. The van der Waals surface area contributed by atoms with Gasteiger partial charge in [-0.2, -0.15) is 57.1 Å². The molecule has 0 radical (unpaired) electrons. The van der Waals surface area contributed by atoms with E-state index in [2.05, 4.69) is 13.6 Å². The van der Waals surface area contributed by atoms with Crippen LogP contribution in [0.3, 0.4) is 0 Å². The Morgan fingerprint density at radius 3 is 0.889 bits per heavy atom. The molecule has 0 spiro atoms. The van der Waals surface area contributed by atoms with Crippen LogP contribution in [0, 0.1) is 6.43 Å². The van der Waals surface area contributed by atoms with Crippen molar-refractivity contribution in [2.75, 3.05) is 0 Å². The number of alkyl halides is 15. The van der Waals surface area contributed by atoms with E-state index in [1.807, 2.05) is 0 Å². The van der Waals surface area contributed by atoms with Crippen LogP contribution in [0.15, 0.2) is 0 Å². The van der Waals surface area contributed by atoms with Crippen LogP contribution in [0.4, 0.5) is 74.6 Å². The average molecular weight is 564 g/mol. The molecule has 0 atom stereocenters. The Labute approximate surface area is 153 Å². The SMILES string of the molecule is F[C-](F)C(F)(F)C(F)(F)C(F)(F)C(F)(F)C(F)(F)C(F)(F)C(F)(F)F.[Zn+][Br]. The van der Waals surface area contributed by atoms with Crippen molar-refractivity contribution >= 4 is 13.6 Å². The van der Waals surface area contributed by atoms with Crippen LogP contribution in [0.5, 0.6) is 0 Å². The first-order valence-corrected chi connectivity index (χ1v) is 12.2. The quantitative estimate of drug-likeness (QED) is 0.193. The Balaban J connectivity index is 0. The Bertz CT molecular complexity index is 494. The van der Waals surface area contributed by atoms with E-state index >= 15 is 0 Å². The number of halogens is 18. The monoisotopic (exact) mass is 562 g/mol. The Morgan fingerprint density at radius 2 is 0.667 bits per heavy atom. The predicted molar refractivity (Wildman–Crippen MR) is 50.1 cm³/mol. The molecule has 160 valence electrons. The van der Waals surface area contributed by atoms with Crippen molar-refractivity contribution in [3.8, 4) is 0 Å². The standard InChI is InChI=1S/C8F17.BrH.Zn/c9-1(10)2(11,12)3(13,14)4(15,16)5(17,18)6(19,20)7(21,22)8(23,24)25;;/h;1H;/q-1;;+2/p-1. The van der Waals surface area contributed by atoms with Crippen molar-refractivity contribution in [2.24, 2.45) is 0 Å². The third kappa shape index (κ3) is 4.13. The molecule has 0 aromatic rings. The van der Waals surface area contributed by atoms with Crippen molar-refractivity contribution in [3.63, 3.8) is 0 Å². The molecule has 0 aliphatic carbocycles. The Morgan fingerprint density at radius 1 is 0.444 bits per heavy atom. The predicted octanol–water partition coefficient (Wildman–Crippen LogP) is 6.63. The van der Waals surface area contributed by atoms with Gasteiger partial charge in [0.15, 0.2) is 0 Å². The summed E-state index contributed by atoms with van der Waals surface area (Å²) in [6, 6.07) is 0. The summed E-state index contributed by atoms with van der Waals surface area (Å²) in [5, 5.41) is 0. The summed E-state index contributed by atoms with van der Waals surface area (Å²) in [6.45, 7) is 0. The second kappa shape index (κ2) is 7.97. The van der Waals surface area contributed by atoms with E-state index in [4.69, 9.17) is 0 Å². The molecule has 0 unspecified atom stereocenters. The number of hydrogen-bond donors (Lipinski definition) is 0. The fourth-order valence-electron chi connectivity index (χ4n) is 1.09. The maximum atomic E-state index is 12.7. The first kappa shape index (κ1) is 29.1. The number of hydrogen-bond acceptors (Lipinski definition) is 0. The van der Waals surface area contributed by atoms with Gasteiger partial charge in [-0.1, -0.05) is 0 Å². The first-order valence-electron chi connectivity index (χ1n) is 5.23. The second-order valence-electron chi connectivity index (χ2n) is 4.20. The molecule has 0 aromatic carbocycles. The van der Waals surface area contributed by atoms with Crippen LogP contribution in [-0.2, 0) is 16.3 Å². The molecule has 0 nitrogen and oxygen atoms in total. The van der Waals surface area contributed by atoms with Gasteiger partial charge in [0.25, 0.3) is 5.92 Å². The summed E-state index contributed by atoms with van der Waals surface area (Å²) in [5.74, 6) is -49.4. The first-order chi connectivity index (χ1) is 11.4. The van der Waals surface area contributed by atoms with Gasteiger partial charge in [-0.25, -0.2) is 8.78 Å². The summed E-state index contributed by atoms with van der Waals surface area (Å²) in [4.78, 5) is 0. The Kier molecular flexibility index (Phi) is 8.60. The summed E-state index contributed by atoms with van der Waals surface area (Å²) in [7, 11) is 0. The third-order valence-corrected chi connectivity index (χ3v) is 2.57. The molecule has 19 heteroatoms. The molecule has 0 heterocycles. The number of rotatable bonds is 6. The van der Waals surface area contributed by atoms with Crippen molar-refractivity contribution < 1.29 is 91.0 Å². The minimum atomic E-state index is -8.55. The van der Waals surface area contributed by atoms with Gasteiger partial charge in [0.1, 0.15) is 0 Å².